The number of rotatable bonds is 5. The van der Waals surface area contributed by atoms with E-state index in [4.69, 9.17) is 0 Å². The second kappa shape index (κ2) is 6.33. The maximum atomic E-state index is 4.30. The molecule has 118 valence electrons. The van der Waals surface area contributed by atoms with Crippen LogP contribution in [0.15, 0.2) is 73.1 Å². The zero-order valence-corrected chi connectivity index (χ0v) is 12.8. The van der Waals surface area contributed by atoms with Crippen molar-refractivity contribution in [3.05, 3.63) is 78.6 Å². The van der Waals surface area contributed by atoms with Gasteiger partial charge in [0.1, 0.15) is 0 Å². The highest BCUT2D eigenvalue weighted by molar-refractivity contribution is 5.44. The molecule has 0 amide bonds. The minimum atomic E-state index is 0.587. The second-order valence-corrected chi connectivity index (χ2v) is 5.18. The highest BCUT2D eigenvalue weighted by Gasteiger charge is 2.09. The molecule has 0 spiro atoms. The summed E-state index contributed by atoms with van der Waals surface area (Å²) in [4.78, 5) is 0. The number of hydrogen-bond donors (Lipinski definition) is 1. The molecule has 0 atom stereocenters. The van der Waals surface area contributed by atoms with Gasteiger partial charge in [0, 0.05) is 18.9 Å². The molecule has 0 bridgehead atoms. The first-order chi connectivity index (χ1) is 11.9. The van der Waals surface area contributed by atoms with Crippen LogP contribution in [0.3, 0.4) is 0 Å². The van der Waals surface area contributed by atoms with Gasteiger partial charge in [-0.2, -0.15) is 9.78 Å². The van der Waals surface area contributed by atoms with Crippen molar-refractivity contribution in [1.82, 2.24) is 30.0 Å². The molecule has 2 aromatic carbocycles. The Bertz CT molecular complexity index is 913. The number of nitrogens with zero attached hydrogens (tertiary/aromatic N) is 6. The average molecular weight is 317 g/mol. The zero-order valence-electron chi connectivity index (χ0n) is 12.8. The molecule has 0 aliphatic carbocycles. The summed E-state index contributed by atoms with van der Waals surface area (Å²) in [7, 11) is 0. The number of hydrogen-bond acceptors (Lipinski definition) is 5. The highest BCUT2D eigenvalue weighted by atomic mass is 15.6. The van der Waals surface area contributed by atoms with Crippen LogP contribution in [-0.4, -0.2) is 30.0 Å². The van der Waals surface area contributed by atoms with Gasteiger partial charge in [0.25, 0.3) is 0 Å². The summed E-state index contributed by atoms with van der Waals surface area (Å²) in [5.41, 5.74) is 3.03. The van der Waals surface area contributed by atoms with Crippen LogP contribution in [-0.2, 0) is 6.54 Å². The lowest BCUT2D eigenvalue weighted by atomic mass is 10.2. The molecular weight excluding hydrogens is 302 g/mol. The van der Waals surface area contributed by atoms with Crippen molar-refractivity contribution >= 4 is 5.95 Å². The molecule has 4 rings (SSSR count). The highest BCUT2D eigenvalue weighted by Crippen LogP contribution is 2.16. The molecule has 1 N–H and O–H groups in total. The average Bonchev–Trinajstić information content (AvgIpc) is 3.33. The lowest BCUT2D eigenvalue weighted by Gasteiger charge is -2.11. The van der Waals surface area contributed by atoms with Crippen molar-refractivity contribution in [2.24, 2.45) is 0 Å². The smallest absolute Gasteiger partial charge is 0.248 e. The lowest BCUT2D eigenvalue weighted by molar-refractivity contribution is 0.788. The molecule has 0 saturated heterocycles. The molecule has 0 saturated carbocycles. The minimum absolute atomic E-state index is 0.587. The number of benzene rings is 2. The van der Waals surface area contributed by atoms with E-state index in [0.29, 0.717) is 12.5 Å². The molecule has 0 fully saturated rings. The fraction of sp³-hybridized carbons (Fsp3) is 0.0588. The SMILES string of the molecule is c1ccc(-n2nnnc2NCc2ccccc2-n2cccn2)cc1. The molecule has 7 nitrogen and oxygen atoms in total. The van der Waals surface area contributed by atoms with Crippen LogP contribution in [0.5, 0.6) is 0 Å². The van der Waals surface area contributed by atoms with Crippen LogP contribution >= 0.6 is 0 Å². The molecule has 2 heterocycles. The molecule has 24 heavy (non-hydrogen) atoms. The summed E-state index contributed by atoms with van der Waals surface area (Å²) in [5.74, 6) is 0.594. The van der Waals surface area contributed by atoms with Gasteiger partial charge in [0.15, 0.2) is 0 Å². The fourth-order valence-electron chi connectivity index (χ4n) is 2.51. The van der Waals surface area contributed by atoms with Gasteiger partial charge in [0.2, 0.25) is 5.95 Å². The van der Waals surface area contributed by atoms with Gasteiger partial charge >= 0.3 is 0 Å². The minimum Gasteiger partial charge on any atom is -0.349 e. The molecule has 2 aromatic heterocycles. The van der Waals surface area contributed by atoms with Gasteiger partial charge in [-0.1, -0.05) is 41.5 Å². The maximum Gasteiger partial charge on any atom is 0.248 e. The van der Waals surface area contributed by atoms with Crippen LogP contribution in [0, 0.1) is 0 Å². The van der Waals surface area contributed by atoms with E-state index >= 15 is 0 Å². The van der Waals surface area contributed by atoms with Gasteiger partial charge in [0.05, 0.1) is 11.4 Å². The number of nitrogens with one attached hydrogen (secondary N) is 1. The van der Waals surface area contributed by atoms with Crippen molar-refractivity contribution in [1.29, 1.82) is 0 Å². The van der Waals surface area contributed by atoms with Crippen LogP contribution in [0.25, 0.3) is 11.4 Å². The summed E-state index contributed by atoms with van der Waals surface area (Å²) in [6.45, 7) is 0.587. The maximum absolute atomic E-state index is 4.30. The third-order valence-corrected chi connectivity index (χ3v) is 3.65. The Morgan fingerprint density at radius 1 is 0.917 bits per heavy atom. The Balaban J connectivity index is 1.58. The Labute approximate surface area is 138 Å². The molecule has 4 aromatic rings. The third kappa shape index (κ3) is 2.74. The van der Waals surface area contributed by atoms with Crippen molar-refractivity contribution in [2.75, 3.05) is 5.32 Å². The largest absolute Gasteiger partial charge is 0.349 e. The van der Waals surface area contributed by atoms with E-state index in [0.717, 1.165) is 16.9 Å². The second-order valence-electron chi connectivity index (χ2n) is 5.18. The lowest BCUT2D eigenvalue weighted by Crippen LogP contribution is -2.09. The van der Waals surface area contributed by atoms with Crippen molar-refractivity contribution < 1.29 is 0 Å². The standard InChI is InChI=1S/C17H15N7/c1-2-8-15(9-3-1)24-17(20-21-22-24)18-13-14-7-4-5-10-16(14)23-12-6-11-19-23/h1-12H,13H2,(H,18,20,22). The summed E-state index contributed by atoms with van der Waals surface area (Å²) >= 11 is 0. The van der Waals surface area contributed by atoms with Gasteiger partial charge in [-0.05, 0) is 40.3 Å². The third-order valence-electron chi connectivity index (χ3n) is 3.65. The molecule has 7 heteroatoms. The van der Waals surface area contributed by atoms with Crippen LogP contribution in [0.4, 0.5) is 5.95 Å². The Morgan fingerprint density at radius 3 is 2.58 bits per heavy atom. The first kappa shape index (κ1) is 14.1. The van der Waals surface area contributed by atoms with Crippen LogP contribution in [0.1, 0.15) is 5.56 Å². The predicted molar refractivity (Wildman–Crippen MR) is 90.0 cm³/mol. The fourth-order valence-corrected chi connectivity index (χ4v) is 2.51. The molecular formula is C17H15N7. The topological polar surface area (TPSA) is 73.5 Å². The van der Waals surface area contributed by atoms with Crippen LogP contribution < -0.4 is 5.32 Å². The first-order valence-electron chi connectivity index (χ1n) is 7.57. The number of anilines is 1. The van der Waals surface area contributed by atoms with Crippen molar-refractivity contribution in [3.8, 4) is 11.4 Å². The van der Waals surface area contributed by atoms with E-state index in [1.807, 2.05) is 65.5 Å². The van der Waals surface area contributed by atoms with E-state index in [1.54, 1.807) is 10.9 Å². The van der Waals surface area contributed by atoms with Crippen molar-refractivity contribution in [2.45, 2.75) is 6.54 Å². The van der Waals surface area contributed by atoms with E-state index in [2.05, 4.69) is 32.0 Å². The van der Waals surface area contributed by atoms with Gasteiger partial charge < -0.3 is 5.32 Å². The van der Waals surface area contributed by atoms with Crippen LogP contribution in [0.2, 0.25) is 0 Å². The van der Waals surface area contributed by atoms with E-state index in [1.165, 1.54) is 0 Å². The number of para-hydroxylation sites is 2. The summed E-state index contributed by atoms with van der Waals surface area (Å²) in [5, 5.41) is 19.5. The van der Waals surface area contributed by atoms with E-state index < -0.39 is 0 Å². The molecule has 0 unspecified atom stereocenters. The quantitative estimate of drug-likeness (QED) is 0.612. The summed E-state index contributed by atoms with van der Waals surface area (Å²) in [6, 6.07) is 19.8. The van der Waals surface area contributed by atoms with E-state index in [9.17, 15) is 0 Å². The monoisotopic (exact) mass is 317 g/mol. The normalized spacial score (nSPS) is 10.7. The predicted octanol–water partition coefficient (Wildman–Crippen LogP) is 2.46. The van der Waals surface area contributed by atoms with Gasteiger partial charge in [-0.3, -0.25) is 0 Å². The Hall–Kier alpha value is -3.48. The molecule has 0 aliphatic heterocycles. The first-order valence-corrected chi connectivity index (χ1v) is 7.57. The zero-order chi connectivity index (χ0) is 16.2. The van der Waals surface area contributed by atoms with Gasteiger partial charge in [-0.15, -0.1) is 0 Å². The number of aromatic nitrogens is 6. The summed E-state index contributed by atoms with van der Waals surface area (Å²) < 4.78 is 3.52. The summed E-state index contributed by atoms with van der Waals surface area (Å²) in [6.07, 6.45) is 3.69. The molecule has 0 radical (unpaired) electrons. The number of tetrazole rings is 1. The Morgan fingerprint density at radius 2 is 1.75 bits per heavy atom. The Kier molecular flexibility index (Phi) is 3.73. The van der Waals surface area contributed by atoms with Gasteiger partial charge in [-0.25, -0.2) is 4.68 Å². The molecule has 0 aliphatic rings. The van der Waals surface area contributed by atoms with Crippen molar-refractivity contribution in [3.63, 3.8) is 0 Å². The van der Waals surface area contributed by atoms with E-state index in [-0.39, 0.29) is 0 Å².